The topological polar surface area (TPSA) is 42.9 Å². The fourth-order valence-corrected chi connectivity index (χ4v) is 4.15. The number of carbonyl (C=O) groups excluding carboxylic acids is 1. The summed E-state index contributed by atoms with van der Waals surface area (Å²) in [6.45, 7) is 2.37. The number of esters is 1. The van der Waals surface area contributed by atoms with E-state index in [2.05, 4.69) is 5.32 Å². The Balaban J connectivity index is 0.00000128. The predicted molar refractivity (Wildman–Crippen MR) is 60.6 cm³/mol. The maximum atomic E-state index is 11.6. The molecule has 1 saturated heterocycles. The second kappa shape index (κ2) is 6.12. The van der Waals surface area contributed by atoms with Gasteiger partial charge in [0.25, 0.3) is 0 Å². The molecule has 0 aromatic rings. The van der Waals surface area contributed by atoms with Crippen LogP contribution in [0, 0.1) is 0 Å². The first-order valence-corrected chi connectivity index (χ1v) is 6.91. The van der Waals surface area contributed by atoms with Gasteiger partial charge in [0.15, 0.2) is 6.04 Å². The molecule has 0 bridgehead atoms. The third-order valence-electron chi connectivity index (χ3n) is 3.34. The van der Waals surface area contributed by atoms with E-state index in [9.17, 15) is 4.79 Å². The molecule has 0 radical (unpaired) electrons. The van der Waals surface area contributed by atoms with Gasteiger partial charge in [-0.15, -0.1) is 0 Å². The van der Waals surface area contributed by atoms with Gasteiger partial charge in [-0.05, 0) is 19.8 Å². The molecule has 0 aromatic carbocycles. The van der Waals surface area contributed by atoms with Crippen molar-refractivity contribution in [3.63, 3.8) is 0 Å². The van der Waals surface area contributed by atoms with Crippen LogP contribution in [-0.4, -0.2) is 29.2 Å². The van der Waals surface area contributed by atoms with E-state index in [-0.39, 0.29) is 24.4 Å². The van der Waals surface area contributed by atoms with Crippen molar-refractivity contribution < 1.29 is 27.3 Å². The summed E-state index contributed by atoms with van der Waals surface area (Å²) in [6, 6.07) is 0.0491. The van der Waals surface area contributed by atoms with Crippen LogP contribution in [0.4, 0.5) is 0 Å². The van der Waals surface area contributed by atoms with Crippen molar-refractivity contribution in [3.8, 4) is 0 Å². The Bertz CT molecular complexity index is 244. The molecular formula is C11H20ClNO2S. The summed E-state index contributed by atoms with van der Waals surface area (Å²) in [7, 11) is 0. The molecule has 1 heterocycles. The summed E-state index contributed by atoms with van der Waals surface area (Å²) in [5.74, 6) is 0.909. The highest BCUT2D eigenvalue weighted by Crippen LogP contribution is 2.37. The van der Waals surface area contributed by atoms with Crippen LogP contribution in [0.15, 0.2) is 0 Å². The summed E-state index contributed by atoms with van der Waals surface area (Å²) in [5, 5.41) is 2.27. The Morgan fingerprint density at radius 3 is 2.75 bits per heavy atom. The van der Waals surface area contributed by atoms with Crippen molar-refractivity contribution >= 4 is 17.7 Å². The Labute approximate surface area is 107 Å². The zero-order valence-corrected chi connectivity index (χ0v) is 11.3. The van der Waals surface area contributed by atoms with Crippen LogP contribution in [0.5, 0.6) is 0 Å². The van der Waals surface area contributed by atoms with E-state index in [0.29, 0.717) is 11.5 Å². The highest BCUT2D eigenvalue weighted by Gasteiger charge is 2.47. The van der Waals surface area contributed by atoms with Gasteiger partial charge in [-0.2, -0.15) is 0 Å². The number of carbonyl (C=O) groups is 1. The third-order valence-corrected chi connectivity index (χ3v) is 4.99. The van der Waals surface area contributed by atoms with Crippen molar-refractivity contribution in [2.45, 2.75) is 49.9 Å². The number of ether oxygens (including phenoxy) is 1. The molecule has 1 spiro atoms. The zero-order chi connectivity index (χ0) is 10.7. The van der Waals surface area contributed by atoms with Crippen LogP contribution in [0.2, 0.25) is 0 Å². The number of halogens is 1. The highest BCUT2D eigenvalue weighted by molar-refractivity contribution is 8.00. The molecule has 5 heteroatoms. The van der Waals surface area contributed by atoms with Gasteiger partial charge in [0, 0.05) is 12.8 Å². The molecule has 2 fully saturated rings. The lowest BCUT2D eigenvalue weighted by Crippen LogP contribution is -3.00. The van der Waals surface area contributed by atoms with E-state index >= 15 is 0 Å². The van der Waals surface area contributed by atoms with E-state index in [1.54, 1.807) is 0 Å². The molecular weight excluding hydrogens is 246 g/mol. The fraction of sp³-hybridized carbons (Fsp3) is 0.909. The van der Waals surface area contributed by atoms with Gasteiger partial charge in [0.1, 0.15) is 4.87 Å². The van der Waals surface area contributed by atoms with Crippen LogP contribution in [-0.2, 0) is 9.53 Å². The number of nitrogens with two attached hydrogens (primary N) is 1. The monoisotopic (exact) mass is 265 g/mol. The van der Waals surface area contributed by atoms with Crippen molar-refractivity contribution in [2.24, 2.45) is 0 Å². The lowest BCUT2D eigenvalue weighted by Gasteiger charge is -2.29. The van der Waals surface area contributed by atoms with Gasteiger partial charge >= 0.3 is 5.97 Å². The van der Waals surface area contributed by atoms with Crippen molar-refractivity contribution in [2.75, 3.05) is 12.4 Å². The van der Waals surface area contributed by atoms with Gasteiger partial charge in [-0.25, -0.2) is 4.79 Å². The first kappa shape index (κ1) is 14.1. The SMILES string of the molecule is CCOC(=O)C1CSC2(CCCCC2)[NH2+]1.[Cl-]. The highest BCUT2D eigenvalue weighted by atomic mass is 35.5. The number of hydrogen-bond acceptors (Lipinski definition) is 3. The quantitative estimate of drug-likeness (QED) is 0.582. The molecule has 1 saturated carbocycles. The maximum absolute atomic E-state index is 11.6. The minimum Gasteiger partial charge on any atom is -1.00 e. The summed E-state index contributed by atoms with van der Waals surface area (Å²) >= 11 is 1.97. The Morgan fingerprint density at radius 1 is 1.44 bits per heavy atom. The molecule has 1 aliphatic carbocycles. The average molecular weight is 266 g/mol. The molecule has 1 aliphatic heterocycles. The molecule has 2 rings (SSSR count). The van der Waals surface area contributed by atoms with Crippen LogP contribution in [0.25, 0.3) is 0 Å². The van der Waals surface area contributed by atoms with Crippen LogP contribution < -0.4 is 17.7 Å². The standard InChI is InChI=1S/C11H19NO2S.ClH/c1-2-14-10(13)9-8-15-11(12-9)6-4-3-5-7-11;/h9,12H,2-8H2,1H3;1H. The molecule has 1 unspecified atom stereocenters. The first-order valence-electron chi connectivity index (χ1n) is 5.92. The minimum absolute atomic E-state index is 0. The summed E-state index contributed by atoms with van der Waals surface area (Å²) in [5.41, 5.74) is 0. The van der Waals surface area contributed by atoms with E-state index in [1.807, 2.05) is 18.7 Å². The zero-order valence-electron chi connectivity index (χ0n) is 9.71. The van der Waals surface area contributed by atoms with Gasteiger partial charge in [0.05, 0.1) is 12.4 Å². The summed E-state index contributed by atoms with van der Waals surface area (Å²) in [4.78, 5) is 11.9. The third kappa shape index (κ3) is 3.05. The van der Waals surface area contributed by atoms with Gasteiger partial charge in [0.2, 0.25) is 0 Å². The average Bonchev–Trinajstić information content (AvgIpc) is 2.64. The van der Waals surface area contributed by atoms with Crippen LogP contribution in [0.3, 0.4) is 0 Å². The van der Waals surface area contributed by atoms with Crippen molar-refractivity contribution in [1.82, 2.24) is 0 Å². The van der Waals surface area contributed by atoms with E-state index in [0.717, 1.165) is 5.75 Å². The maximum Gasteiger partial charge on any atom is 0.365 e. The lowest BCUT2D eigenvalue weighted by atomic mass is 9.94. The predicted octanol–water partition coefficient (Wildman–Crippen LogP) is -2.11. The Hall–Kier alpha value is 0.0700. The van der Waals surface area contributed by atoms with E-state index in [4.69, 9.17) is 4.74 Å². The molecule has 94 valence electrons. The lowest BCUT2D eigenvalue weighted by molar-refractivity contribution is -0.715. The number of hydrogen-bond donors (Lipinski definition) is 1. The molecule has 0 amide bonds. The fourth-order valence-electron chi connectivity index (χ4n) is 2.57. The largest absolute Gasteiger partial charge is 1.00 e. The Kier molecular flexibility index (Phi) is 5.41. The second-order valence-corrected chi connectivity index (χ2v) is 5.90. The molecule has 3 nitrogen and oxygen atoms in total. The van der Waals surface area contributed by atoms with Gasteiger partial charge < -0.3 is 22.5 Å². The molecule has 2 N–H and O–H groups in total. The van der Waals surface area contributed by atoms with Gasteiger partial charge in [-0.1, -0.05) is 18.2 Å². The molecule has 1 atom stereocenters. The molecule has 2 aliphatic rings. The van der Waals surface area contributed by atoms with Crippen molar-refractivity contribution in [1.29, 1.82) is 0 Å². The summed E-state index contributed by atoms with van der Waals surface area (Å²) < 4.78 is 5.08. The minimum atomic E-state index is -0.0209. The Morgan fingerprint density at radius 2 is 2.12 bits per heavy atom. The van der Waals surface area contributed by atoms with E-state index < -0.39 is 0 Å². The second-order valence-electron chi connectivity index (χ2n) is 4.46. The van der Waals surface area contributed by atoms with E-state index in [1.165, 1.54) is 32.1 Å². The van der Waals surface area contributed by atoms with Gasteiger partial charge in [-0.3, -0.25) is 0 Å². The first-order chi connectivity index (χ1) is 7.26. The normalized spacial score (nSPS) is 27.4. The van der Waals surface area contributed by atoms with Crippen LogP contribution >= 0.6 is 11.8 Å². The van der Waals surface area contributed by atoms with Crippen molar-refractivity contribution in [3.05, 3.63) is 0 Å². The molecule has 0 aromatic heterocycles. The smallest absolute Gasteiger partial charge is 0.365 e. The number of rotatable bonds is 2. The molecule has 16 heavy (non-hydrogen) atoms. The summed E-state index contributed by atoms with van der Waals surface area (Å²) in [6.07, 6.45) is 6.51. The number of thioether (sulfide) groups is 1. The van der Waals surface area contributed by atoms with Crippen LogP contribution in [0.1, 0.15) is 39.0 Å². The number of quaternary nitrogens is 1.